The van der Waals surface area contributed by atoms with Crippen LogP contribution in [0, 0.1) is 5.92 Å². The van der Waals surface area contributed by atoms with Gasteiger partial charge in [-0.3, -0.25) is 19.3 Å². The van der Waals surface area contributed by atoms with Gasteiger partial charge in [0.15, 0.2) is 0 Å². The number of carbonyl (C=O) groups excluding carboxylic acids is 3. The van der Waals surface area contributed by atoms with Gasteiger partial charge in [0.05, 0.1) is 11.1 Å². The summed E-state index contributed by atoms with van der Waals surface area (Å²) in [6, 6.07) is 6.92. The van der Waals surface area contributed by atoms with Crippen molar-refractivity contribution in [1.82, 2.24) is 10.2 Å². The number of rotatable bonds is 6. The molecule has 1 aromatic rings. The Labute approximate surface area is 130 Å². The van der Waals surface area contributed by atoms with E-state index in [-0.39, 0.29) is 30.3 Å². The van der Waals surface area contributed by atoms with E-state index in [0.29, 0.717) is 29.9 Å². The molecule has 0 saturated heterocycles. The van der Waals surface area contributed by atoms with Gasteiger partial charge in [-0.15, -0.1) is 0 Å². The Morgan fingerprint density at radius 3 is 2.14 bits per heavy atom. The standard InChI is InChI=1S/C17H22N2O3/c1-11(2)12(3)18-15(20)9-6-10-19-16(21)13-7-4-5-8-14(13)17(19)22/h4-5,7-8,11-12H,6,9-10H2,1-3H3,(H,18,20). The molecule has 5 heteroatoms. The third-order valence-corrected chi connectivity index (χ3v) is 4.05. The van der Waals surface area contributed by atoms with Crippen LogP contribution in [0.1, 0.15) is 54.3 Å². The second-order valence-corrected chi connectivity index (χ2v) is 6.01. The Hall–Kier alpha value is -2.17. The Morgan fingerprint density at radius 1 is 1.09 bits per heavy atom. The molecule has 0 aliphatic carbocycles. The molecule has 22 heavy (non-hydrogen) atoms. The molecule has 0 radical (unpaired) electrons. The summed E-state index contributed by atoms with van der Waals surface area (Å²) in [5.41, 5.74) is 0.899. The third-order valence-electron chi connectivity index (χ3n) is 4.05. The quantitative estimate of drug-likeness (QED) is 0.819. The van der Waals surface area contributed by atoms with Crippen LogP contribution in [0.5, 0.6) is 0 Å². The third kappa shape index (κ3) is 3.35. The van der Waals surface area contributed by atoms with E-state index in [2.05, 4.69) is 5.32 Å². The van der Waals surface area contributed by atoms with Crippen molar-refractivity contribution in [2.45, 2.75) is 39.7 Å². The summed E-state index contributed by atoms with van der Waals surface area (Å²) < 4.78 is 0. The molecule has 1 aliphatic rings. The van der Waals surface area contributed by atoms with E-state index in [1.165, 1.54) is 4.90 Å². The summed E-state index contributed by atoms with van der Waals surface area (Å²) in [5, 5.41) is 2.92. The number of imide groups is 1. The first kappa shape index (κ1) is 16.2. The molecule has 0 bridgehead atoms. The Balaban J connectivity index is 1.85. The highest BCUT2D eigenvalue weighted by atomic mass is 16.2. The van der Waals surface area contributed by atoms with E-state index < -0.39 is 0 Å². The second-order valence-electron chi connectivity index (χ2n) is 6.01. The minimum atomic E-state index is -0.267. The van der Waals surface area contributed by atoms with Gasteiger partial charge in [-0.25, -0.2) is 0 Å². The average molecular weight is 302 g/mol. The fourth-order valence-electron chi connectivity index (χ4n) is 2.33. The van der Waals surface area contributed by atoms with Gasteiger partial charge < -0.3 is 5.32 Å². The van der Waals surface area contributed by atoms with Gasteiger partial charge in [-0.2, -0.15) is 0 Å². The molecule has 0 saturated carbocycles. The number of nitrogens with zero attached hydrogens (tertiary/aromatic N) is 1. The van der Waals surface area contributed by atoms with E-state index in [1.54, 1.807) is 24.3 Å². The predicted molar refractivity (Wildman–Crippen MR) is 83.5 cm³/mol. The van der Waals surface area contributed by atoms with Gasteiger partial charge in [-0.05, 0) is 31.4 Å². The minimum Gasteiger partial charge on any atom is -0.353 e. The maximum atomic E-state index is 12.2. The Morgan fingerprint density at radius 2 is 1.64 bits per heavy atom. The van der Waals surface area contributed by atoms with Crippen molar-refractivity contribution in [2.24, 2.45) is 5.92 Å². The number of nitrogens with one attached hydrogen (secondary N) is 1. The van der Waals surface area contributed by atoms with Crippen molar-refractivity contribution in [3.8, 4) is 0 Å². The molecule has 0 spiro atoms. The number of carbonyl (C=O) groups is 3. The van der Waals surface area contributed by atoms with Crippen LogP contribution in [0.25, 0.3) is 0 Å². The number of fused-ring (bicyclic) bond motifs is 1. The lowest BCUT2D eigenvalue weighted by atomic mass is 10.1. The van der Waals surface area contributed by atoms with Crippen LogP contribution in [0.2, 0.25) is 0 Å². The van der Waals surface area contributed by atoms with E-state index in [0.717, 1.165) is 0 Å². The van der Waals surface area contributed by atoms with Gasteiger partial charge in [-0.1, -0.05) is 26.0 Å². The van der Waals surface area contributed by atoms with Gasteiger partial charge in [0.2, 0.25) is 5.91 Å². The van der Waals surface area contributed by atoms with Crippen LogP contribution in [-0.4, -0.2) is 35.2 Å². The second kappa shape index (κ2) is 6.73. The minimum absolute atomic E-state index is 0.0437. The van der Waals surface area contributed by atoms with Crippen molar-refractivity contribution >= 4 is 17.7 Å². The van der Waals surface area contributed by atoms with E-state index in [1.807, 2.05) is 20.8 Å². The normalized spacial score (nSPS) is 15.2. The van der Waals surface area contributed by atoms with Crippen LogP contribution in [-0.2, 0) is 4.79 Å². The lowest BCUT2D eigenvalue weighted by Crippen LogP contribution is -2.37. The molecule has 2 rings (SSSR count). The summed E-state index contributed by atoms with van der Waals surface area (Å²) in [5.74, 6) is -0.203. The first-order valence-electron chi connectivity index (χ1n) is 7.66. The van der Waals surface area contributed by atoms with Gasteiger partial charge in [0.25, 0.3) is 11.8 Å². The molecule has 118 valence electrons. The zero-order valence-corrected chi connectivity index (χ0v) is 13.3. The number of amides is 3. The fraction of sp³-hybridized carbons (Fsp3) is 0.471. The molecule has 5 nitrogen and oxygen atoms in total. The first-order chi connectivity index (χ1) is 10.4. The van der Waals surface area contributed by atoms with Crippen molar-refractivity contribution in [2.75, 3.05) is 6.54 Å². The molecule has 1 aromatic carbocycles. The molecule has 1 aliphatic heterocycles. The first-order valence-corrected chi connectivity index (χ1v) is 7.66. The highest BCUT2D eigenvalue weighted by Crippen LogP contribution is 2.22. The van der Waals surface area contributed by atoms with Crippen molar-refractivity contribution in [1.29, 1.82) is 0 Å². The van der Waals surface area contributed by atoms with Gasteiger partial charge >= 0.3 is 0 Å². The van der Waals surface area contributed by atoms with E-state index in [4.69, 9.17) is 0 Å². The summed E-state index contributed by atoms with van der Waals surface area (Å²) >= 11 is 0. The molecule has 1 unspecified atom stereocenters. The van der Waals surface area contributed by atoms with E-state index >= 15 is 0 Å². The summed E-state index contributed by atoms with van der Waals surface area (Å²) in [6.45, 7) is 6.33. The Bertz CT molecular complexity index is 560. The van der Waals surface area contributed by atoms with Crippen LogP contribution >= 0.6 is 0 Å². The van der Waals surface area contributed by atoms with Gasteiger partial charge in [0, 0.05) is 19.0 Å². The number of hydrogen-bond acceptors (Lipinski definition) is 3. The molecule has 1 heterocycles. The fourth-order valence-corrected chi connectivity index (χ4v) is 2.33. The van der Waals surface area contributed by atoms with Crippen molar-refractivity contribution in [3.63, 3.8) is 0 Å². The van der Waals surface area contributed by atoms with Crippen molar-refractivity contribution < 1.29 is 14.4 Å². The summed E-state index contributed by atoms with van der Waals surface area (Å²) in [6.07, 6.45) is 0.784. The maximum Gasteiger partial charge on any atom is 0.261 e. The summed E-state index contributed by atoms with van der Waals surface area (Å²) in [7, 11) is 0. The van der Waals surface area contributed by atoms with E-state index in [9.17, 15) is 14.4 Å². The number of benzene rings is 1. The highest BCUT2D eigenvalue weighted by Gasteiger charge is 2.34. The van der Waals surface area contributed by atoms with Crippen LogP contribution < -0.4 is 5.32 Å². The maximum absolute atomic E-state index is 12.2. The largest absolute Gasteiger partial charge is 0.353 e. The zero-order valence-electron chi connectivity index (χ0n) is 13.3. The zero-order chi connectivity index (χ0) is 16.3. The molecular formula is C17H22N2O3. The predicted octanol–water partition coefficient (Wildman–Crippen LogP) is 2.22. The monoisotopic (exact) mass is 302 g/mol. The van der Waals surface area contributed by atoms with Crippen LogP contribution in [0.4, 0.5) is 0 Å². The Kier molecular flexibility index (Phi) is 4.96. The SMILES string of the molecule is CC(C)C(C)NC(=O)CCCN1C(=O)c2ccccc2C1=O. The highest BCUT2D eigenvalue weighted by molar-refractivity contribution is 6.21. The molecule has 0 fully saturated rings. The molecule has 0 aromatic heterocycles. The average Bonchev–Trinajstić information content (AvgIpc) is 2.72. The molecule has 1 atom stereocenters. The lowest BCUT2D eigenvalue weighted by molar-refractivity contribution is -0.122. The van der Waals surface area contributed by atoms with Crippen LogP contribution in [0.3, 0.4) is 0 Å². The summed E-state index contributed by atoms with van der Waals surface area (Å²) in [4.78, 5) is 37.3. The molecule has 1 N–H and O–H groups in total. The van der Waals surface area contributed by atoms with Gasteiger partial charge in [0.1, 0.15) is 0 Å². The number of hydrogen-bond donors (Lipinski definition) is 1. The van der Waals surface area contributed by atoms with Crippen molar-refractivity contribution in [3.05, 3.63) is 35.4 Å². The smallest absolute Gasteiger partial charge is 0.261 e. The topological polar surface area (TPSA) is 66.5 Å². The molecular weight excluding hydrogens is 280 g/mol. The van der Waals surface area contributed by atoms with Crippen LogP contribution in [0.15, 0.2) is 24.3 Å². The lowest BCUT2D eigenvalue weighted by Gasteiger charge is -2.18. The molecule has 3 amide bonds.